The quantitative estimate of drug-likeness (QED) is 0.0228. The highest BCUT2D eigenvalue weighted by molar-refractivity contribution is 14.2. The van der Waals surface area contributed by atoms with E-state index in [1.54, 1.807) is 47.5 Å². The molecule has 5 aromatic rings. The Morgan fingerprint density at radius 1 is 0.704 bits per heavy atom. The van der Waals surface area contributed by atoms with E-state index in [2.05, 4.69) is 26.6 Å². The molecule has 0 bridgehead atoms. The topological polar surface area (TPSA) is 256 Å². The molecule has 4 atom stereocenters. The van der Waals surface area contributed by atoms with Gasteiger partial charge in [0.1, 0.15) is 25.3 Å². The Balaban J connectivity index is 0.804. The van der Waals surface area contributed by atoms with Crippen LogP contribution in [0.2, 0.25) is 0 Å². The lowest BCUT2D eigenvalue weighted by molar-refractivity contribution is -0.130. The molecule has 0 radical (unpaired) electrons. The molecule has 22 heteroatoms. The minimum atomic E-state index is -1.06. The molecule has 0 aliphatic carbocycles. The van der Waals surface area contributed by atoms with Crippen molar-refractivity contribution in [3.05, 3.63) is 124 Å². The SMILES string of the molecule is COc1cc2c(cc1OCc1cc(COc3cc4c(cc3OC)C(=O)N3c5ccccc5C[C@H]3CN4)cc(NC(=O)C(C)NC(=O)C(C)NC(=O)CCCCC(=O)NCCN3C(=O)C=IC3=O)c1)N=C[C@@H]1Cc3ccccc3N1C2=O. The molecule has 2 unspecified atom stereocenters. The summed E-state index contributed by atoms with van der Waals surface area (Å²) in [4.78, 5) is 113. The van der Waals surface area contributed by atoms with Gasteiger partial charge < -0.3 is 50.4 Å². The van der Waals surface area contributed by atoms with E-state index < -0.39 is 50.5 Å². The third-order valence-electron chi connectivity index (χ3n) is 14.5. The van der Waals surface area contributed by atoms with Crippen LogP contribution in [0.4, 0.5) is 33.2 Å². The van der Waals surface area contributed by atoms with Crippen LogP contribution in [-0.2, 0) is 50.0 Å². The van der Waals surface area contributed by atoms with Gasteiger partial charge in [0.25, 0.3) is 21.6 Å². The standard InChI is InChI=1S/C59H60IN9O12/c1-33(64-53(71)16-10-9-15-52(70)61-17-18-67-54(72)28-60-59(67)77)55(73)65-34(2)56(74)66-39-20-35(31-80-50-26-44-42(24-48(50)78-3)57(75)68-40(29-62-44)22-37-11-5-7-13-46(37)68)19-36(21-39)32-81-51-27-45-43(25-49(51)79-4)58(76)69-41(30-63-45)23-38-12-6-8-14-47(38)69/h5-8,11-14,19-21,24-29,33-34,40-41,63H,9-10,15-18,22-23,30-32H2,1-4H3,(H,61,70)(H,64,71)(H,65,73)(H,66,74)/t33?,34?,40-,41-/m0/s1. The first-order valence-electron chi connectivity index (χ1n) is 26.6. The zero-order valence-electron chi connectivity index (χ0n) is 45.0. The lowest BCUT2D eigenvalue weighted by Gasteiger charge is -2.22. The second kappa shape index (κ2) is 24.4. The van der Waals surface area contributed by atoms with Gasteiger partial charge in [0, 0.05) is 78.3 Å². The number of halogens is 1. The van der Waals surface area contributed by atoms with Crippen LogP contribution >= 0.6 is 20.7 Å². The van der Waals surface area contributed by atoms with Gasteiger partial charge in [-0.1, -0.05) is 36.4 Å². The van der Waals surface area contributed by atoms with Gasteiger partial charge in [0.15, 0.2) is 23.0 Å². The molecule has 5 N–H and O–H groups in total. The average molecular weight is 1210 g/mol. The molecule has 5 aromatic carbocycles. The molecule has 0 saturated carbocycles. The van der Waals surface area contributed by atoms with Gasteiger partial charge in [-0.3, -0.25) is 53.1 Å². The van der Waals surface area contributed by atoms with Crippen molar-refractivity contribution in [2.45, 2.75) is 89.8 Å². The van der Waals surface area contributed by atoms with Crippen LogP contribution in [-0.4, -0.2) is 118 Å². The first-order valence-corrected chi connectivity index (χ1v) is 28.9. The fraction of sp³-hybridized carbons (Fsp3) is 0.322. The number of aliphatic imine (C=N–C) groups is 1. The Bertz CT molecular complexity index is 3420. The van der Waals surface area contributed by atoms with Crippen LogP contribution in [0.3, 0.4) is 0 Å². The smallest absolute Gasteiger partial charge is 0.284 e. The predicted octanol–water partition coefficient (Wildman–Crippen LogP) is 6.51. The fourth-order valence-corrected chi connectivity index (χ4v) is 12.1. The molecule has 5 aliphatic heterocycles. The highest BCUT2D eigenvalue weighted by Gasteiger charge is 2.39. The van der Waals surface area contributed by atoms with Crippen molar-refractivity contribution >= 4 is 105 Å². The van der Waals surface area contributed by atoms with Gasteiger partial charge in [0.2, 0.25) is 23.6 Å². The summed E-state index contributed by atoms with van der Waals surface area (Å²) in [6.07, 6.45) is 4.08. The van der Waals surface area contributed by atoms with Crippen LogP contribution < -0.4 is 55.3 Å². The molecule has 420 valence electrons. The summed E-state index contributed by atoms with van der Waals surface area (Å²) in [5.41, 5.74) is 7.26. The summed E-state index contributed by atoms with van der Waals surface area (Å²) in [5.74, 6) is -1.20. The number of para-hydroxylation sites is 2. The number of nitrogens with one attached hydrogen (secondary N) is 5. The molecule has 8 amide bonds. The van der Waals surface area contributed by atoms with Crippen molar-refractivity contribution in [1.82, 2.24) is 20.9 Å². The first-order chi connectivity index (χ1) is 39.2. The molecule has 0 spiro atoms. The maximum atomic E-state index is 14.1. The fourth-order valence-electron chi connectivity index (χ4n) is 10.4. The first kappa shape index (κ1) is 55.6. The summed E-state index contributed by atoms with van der Waals surface area (Å²) in [7, 11) is 2.99. The van der Waals surface area contributed by atoms with Crippen LogP contribution in [0, 0.1) is 0 Å². The Hall–Kier alpha value is -8.67. The summed E-state index contributed by atoms with van der Waals surface area (Å²) in [5, 5.41) is 14.4. The van der Waals surface area contributed by atoms with Crippen molar-refractivity contribution in [2.24, 2.45) is 4.99 Å². The highest BCUT2D eigenvalue weighted by atomic mass is 127. The molecule has 10 rings (SSSR count). The van der Waals surface area contributed by atoms with E-state index in [-0.39, 0.29) is 78.8 Å². The van der Waals surface area contributed by atoms with Crippen molar-refractivity contribution in [3.63, 3.8) is 0 Å². The third kappa shape index (κ3) is 12.2. The Kier molecular flexibility index (Phi) is 16.7. The number of imide groups is 1. The number of methoxy groups -OCH3 is 2. The number of carbonyl (C=O) groups excluding carboxylic acids is 8. The highest BCUT2D eigenvalue weighted by Crippen LogP contribution is 2.43. The van der Waals surface area contributed by atoms with Crippen molar-refractivity contribution < 1.29 is 57.3 Å². The number of unbranched alkanes of at least 4 members (excludes halogenated alkanes) is 1. The van der Waals surface area contributed by atoms with Crippen molar-refractivity contribution in [1.29, 1.82) is 0 Å². The van der Waals surface area contributed by atoms with Gasteiger partial charge in [-0.05, 0) is 119 Å². The number of hydrogen-bond acceptors (Lipinski definition) is 14. The summed E-state index contributed by atoms with van der Waals surface area (Å²) >= 11 is -0.927. The predicted molar refractivity (Wildman–Crippen MR) is 312 cm³/mol. The largest absolute Gasteiger partial charge is 0.493 e. The molecule has 0 saturated heterocycles. The van der Waals surface area contributed by atoms with E-state index in [1.807, 2.05) is 59.5 Å². The Morgan fingerprint density at radius 2 is 1.32 bits per heavy atom. The van der Waals surface area contributed by atoms with Crippen molar-refractivity contribution in [3.8, 4) is 23.0 Å². The lowest BCUT2D eigenvalue weighted by atomic mass is 10.1. The van der Waals surface area contributed by atoms with E-state index >= 15 is 0 Å². The van der Waals surface area contributed by atoms with Crippen molar-refractivity contribution in [2.75, 3.05) is 54.3 Å². The number of benzene rings is 5. The van der Waals surface area contributed by atoms with E-state index in [0.717, 1.165) is 33.8 Å². The summed E-state index contributed by atoms with van der Waals surface area (Å²) in [6, 6.07) is 25.3. The summed E-state index contributed by atoms with van der Waals surface area (Å²) in [6.45, 7) is 3.72. The number of rotatable bonds is 21. The van der Waals surface area contributed by atoms with E-state index in [4.69, 9.17) is 23.9 Å². The molecular weight excluding hydrogens is 1150 g/mol. The molecule has 0 aromatic heterocycles. The Labute approximate surface area is 476 Å². The minimum Gasteiger partial charge on any atom is -0.493 e. The molecule has 0 fully saturated rings. The second-order valence-corrected chi connectivity index (χ2v) is 22.3. The van der Waals surface area contributed by atoms with E-state index in [0.29, 0.717) is 88.1 Å². The zero-order valence-corrected chi connectivity index (χ0v) is 47.1. The number of carbonyl (C=O) groups is 8. The molecule has 5 aliphatic rings. The van der Waals surface area contributed by atoms with Crippen LogP contribution in [0.15, 0.2) is 96.0 Å². The monoisotopic (exact) mass is 1210 g/mol. The number of hydrogen-bond donors (Lipinski definition) is 5. The van der Waals surface area contributed by atoms with E-state index in [9.17, 15) is 38.4 Å². The molecule has 81 heavy (non-hydrogen) atoms. The second-order valence-electron chi connectivity index (χ2n) is 20.1. The molecular formula is C59H60IN9O12. The Morgan fingerprint density at radius 3 is 2.00 bits per heavy atom. The minimum absolute atomic E-state index is 0.0243. The zero-order chi connectivity index (χ0) is 56.9. The van der Waals surface area contributed by atoms with Crippen LogP contribution in [0.1, 0.15) is 82.5 Å². The number of ether oxygens (including phenoxy) is 4. The van der Waals surface area contributed by atoms with Gasteiger partial charge >= 0.3 is 0 Å². The number of amides is 8. The lowest BCUT2D eigenvalue weighted by Crippen LogP contribution is -2.50. The van der Waals surface area contributed by atoms with Crippen LogP contribution in [0.5, 0.6) is 23.0 Å². The number of nitrogens with zero attached hydrogens (tertiary/aromatic N) is 4. The summed E-state index contributed by atoms with van der Waals surface area (Å²) < 4.78 is 25.6. The third-order valence-corrected chi connectivity index (χ3v) is 16.5. The molecule has 5 heterocycles. The number of fused-ring (bicyclic) bond motifs is 8. The maximum Gasteiger partial charge on any atom is 0.284 e. The average Bonchev–Trinajstić information content (AvgIpc) is 4.22. The van der Waals surface area contributed by atoms with Gasteiger partial charge in [-0.2, -0.15) is 0 Å². The molecule has 21 nitrogen and oxygen atoms in total. The van der Waals surface area contributed by atoms with E-state index in [1.165, 1.54) is 32.1 Å². The maximum absolute atomic E-state index is 14.1. The number of anilines is 4. The normalized spacial score (nSPS) is 17.1. The van der Waals surface area contributed by atoms with Crippen LogP contribution in [0.25, 0.3) is 0 Å². The van der Waals surface area contributed by atoms with Gasteiger partial charge in [-0.15, -0.1) is 0 Å². The van der Waals surface area contributed by atoms with Gasteiger partial charge in [0.05, 0.1) is 48.8 Å². The van der Waals surface area contributed by atoms with Gasteiger partial charge in [-0.25, -0.2) is 0 Å².